The molecule has 2 aliphatic rings. The predicted octanol–water partition coefficient (Wildman–Crippen LogP) is 3.54. The standard InChI is InChI=1S/C19H21ClN4O2/c1-11(2)24-10-14-16(18(24)26)21-19(20)22-17(14)23-8-4-7-15(23)12-5-3-6-13(25)9-12/h3,5-6,9,11,15,25H,4,7-8,10H2,1-2H3. The van der Waals surface area contributed by atoms with E-state index in [2.05, 4.69) is 14.9 Å². The first-order chi connectivity index (χ1) is 12.5. The number of carbonyl (C=O) groups is 1. The third-order valence-corrected chi connectivity index (χ3v) is 5.32. The second kappa shape index (κ2) is 6.43. The number of fused-ring (bicyclic) bond motifs is 1. The molecule has 136 valence electrons. The maximum Gasteiger partial charge on any atom is 0.273 e. The quantitative estimate of drug-likeness (QED) is 0.834. The number of phenols is 1. The summed E-state index contributed by atoms with van der Waals surface area (Å²) in [5.41, 5.74) is 2.30. The summed E-state index contributed by atoms with van der Waals surface area (Å²) in [6.45, 7) is 5.31. The Hall–Kier alpha value is -2.34. The predicted molar refractivity (Wildman–Crippen MR) is 99.5 cm³/mol. The number of hydrogen-bond acceptors (Lipinski definition) is 5. The zero-order valence-electron chi connectivity index (χ0n) is 14.8. The van der Waals surface area contributed by atoms with Gasteiger partial charge < -0.3 is 14.9 Å². The molecule has 0 radical (unpaired) electrons. The molecule has 1 unspecified atom stereocenters. The van der Waals surface area contributed by atoms with Gasteiger partial charge in [0.1, 0.15) is 17.3 Å². The van der Waals surface area contributed by atoms with Gasteiger partial charge in [0.25, 0.3) is 5.91 Å². The van der Waals surface area contributed by atoms with Crippen LogP contribution in [-0.2, 0) is 6.54 Å². The fraction of sp³-hybridized carbons (Fsp3) is 0.421. The number of rotatable bonds is 3. The summed E-state index contributed by atoms with van der Waals surface area (Å²) < 4.78 is 0. The molecule has 1 atom stereocenters. The number of halogens is 1. The maximum atomic E-state index is 12.7. The van der Waals surface area contributed by atoms with Crippen molar-refractivity contribution in [3.8, 4) is 5.75 Å². The van der Waals surface area contributed by atoms with E-state index in [0.29, 0.717) is 12.2 Å². The number of phenolic OH excluding ortho intramolecular Hbond substituents is 1. The molecule has 1 amide bonds. The van der Waals surface area contributed by atoms with Crippen LogP contribution in [0.3, 0.4) is 0 Å². The zero-order valence-corrected chi connectivity index (χ0v) is 15.6. The second-order valence-corrected chi connectivity index (χ2v) is 7.45. The average Bonchev–Trinajstić information content (AvgIpc) is 3.20. The van der Waals surface area contributed by atoms with Gasteiger partial charge in [-0.05, 0) is 56.0 Å². The van der Waals surface area contributed by atoms with Crippen LogP contribution in [0.15, 0.2) is 24.3 Å². The Labute approximate surface area is 157 Å². The van der Waals surface area contributed by atoms with Crippen molar-refractivity contribution in [2.24, 2.45) is 0 Å². The minimum atomic E-state index is -0.0892. The van der Waals surface area contributed by atoms with Crippen LogP contribution < -0.4 is 4.90 Å². The first-order valence-electron chi connectivity index (χ1n) is 8.88. The lowest BCUT2D eigenvalue weighted by Gasteiger charge is -2.28. The molecule has 0 bridgehead atoms. The average molecular weight is 373 g/mol. The highest BCUT2D eigenvalue weighted by molar-refractivity contribution is 6.28. The van der Waals surface area contributed by atoms with Crippen molar-refractivity contribution in [2.75, 3.05) is 11.4 Å². The Kier molecular flexibility index (Phi) is 4.23. The van der Waals surface area contributed by atoms with E-state index in [9.17, 15) is 9.90 Å². The van der Waals surface area contributed by atoms with Gasteiger partial charge in [-0.15, -0.1) is 0 Å². The van der Waals surface area contributed by atoms with Crippen LogP contribution in [0.1, 0.15) is 54.3 Å². The van der Waals surface area contributed by atoms with Gasteiger partial charge in [-0.25, -0.2) is 9.97 Å². The Morgan fingerprint density at radius 2 is 2.12 bits per heavy atom. The summed E-state index contributed by atoms with van der Waals surface area (Å²) in [6, 6.07) is 7.50. The van der Waals surface area contributed by atoms with Gasteiger partial charge in [-0.3, -0.25) is 4.79 Å². The normalized spacial score (nSPS) is 19.5. The Bertz CT molecular complexity index is 871. The number of benzene rings is 1. The topological polar surface area (TPSA) is 69.6 Å². The molecule has 7 heteroatoms. The summed E-state index contributed by atoms with van der Waals surface area (Å²) >= 11 is 6.16. The molecule has 1 saturated heterocycles. The van der Waals surface area contributed by atoms with E-state index in [1.807, 2.05) is 26.0 Å². The number of amides is 1. The lowest BCUT2D eigenvalue weighted by Crippen LogP contribution is -2.31. The molecule has 6 nitrogen and oxygen atoms in total. The molecule has 1 N–H and O–H groups in total. The highest BCUT2D eigenvalue weighted by Gasteiger charge is 2.37. The molecule has 1 aromatic heterocycles. The molecule has 3 heterocycles. The lowest BCUT2D eigenvalue weighted by molar-refractivity contribution is 0.0726. The minimum Gasteiger partial charge on any atom is -0.508 e. The molecular formula is C19H21ClN4O2. The van der Waals surface area contributed by atoms with Gasteiger partial charge in [0.05, 0.1) is 12.6 Å². The van der Waals surface area contributed by atoms with E-state index in [0.717, 1.165) is 36.3 Å². The summed E-state index contributed by atoms with van der Waals surface area (Å²) in [5.74, 6) is 0.900. The van der Waals surface area contributed by atoms with Crippen LogP contribution in [0.5, 0.6) is 5.75 Å². The highest BCUT2D eigenvalue weighted by atomic mass is 35.5. The third-order valence-electron chi connectivity index (χ3n) is 5.15. The van der Waals surface area contributed by atoms with E-state index in [4.69, 9.17) is 11.6 Å². The van der Waals surface area contributed by atoms with Crippen molar-refractivity contribution >= 4 is 23.3 Å². The Morgan fingerprint density at radius 1 is 1.31 bits per heavy atom. The monoisotopic (exact) mass is 372 g/mol. The van der Waals surface area contributed by atoms with Crippen LogP contribution in [0.4, 0.5) is 5.82 Å². The highest BCUT2D eigenvalue weighted by Crippen LogP contribution is 2.40. The molecule has 2 aromatic rings. The largest absolute Gasteiger partial charge is 0.508 e. The van der Waals surface area contributed by atoms with Crippen LogP contribution in [0, 0.1) is 0 Å². The Balaban J connectivity index is 1.77. The SMILES string of the molecule is CC(C)N1Cc2c(nc(Cl)nc2N2CCCC2c2cccc(O)c2)C1=O. The number of nitrogens with zero attached hydrogens (tertiary/aromatic N) is 4. The molecule has 1 fully saturated rings. The molecule has 0 spiro atoms. The van der Waals surface area contributed by atoms with Crippen LogP contribution in [0.2, 0.25) is 5.28 Å². The van der Waals surface area contributed by atoms with Gasteiger partial charge in [0.2, 0.25) is 5.28 Å². The third kappa shape index (κ3) is 2.78. The van der Waals surface area contributed by atoms with Gasteiger partial charge in [-0.2, -0.15) is 0 Å². The molecule has 26 heavy (non-hydrogen) atoms. The van der Waals surface area contributed by atoms with Gasteiger partial charge >= 0.3 is 0 Å². The van der Waals surface area contributed by atoms with E-state index < -0.39 is 0 Å². The second-order valence-electron chi connectivity index (χ2n) is 7.12. The number of hydrogen-bond donors (Lipinski definition) is 1. The smallest absolute Gasteiger partial charge is 0.273 e. The van der Waals surface area contributed by atoms with E-state index in [1.54, 1.807) is 17.0 Å². The van der Waals surface area contributed by atoms with Crippen molar-refractivity contribution in [2.45, 2.75) is 45.3 Å². The lowest BCUT2D eigenvalue weighted by atomic mass is 10.0. The molecule has 2 aliphatic heterocycles. The van der Waals surface area contributed by atoms with Crippen LogP contribution >= 0.6 is 11.6 Å². The van der Waals surface area contributed by atoms with E-state index in [1.165, 1.54) is 0 Å². The van der Waals surface area contributed by atoms with Crippen LogP contribution in [-0.4, -0.2) is 38.5 Å². The van der Waals surface area contributed by atoms with Gasteiger partial charge in [0, 0.05) is 18.2 Å². The van der Waals surface area contributed by atoms with Gasteiger partial charge in [0.15, 0.2) is 0 Å². The van der Waals surface area contributed by atoms with Crippen molar-refractivity contribution in [1.82, 2.24) is 14.9 Å². The summed E-state index contributed by atoms with van der Waals surface area (Å²) in [4.78, 5) is 25.4. The maximum absolute atomic E-state index is 12.7. The van der Waals surface area contributed by atoms with Crippen LogP contribution in [0.25, 0.3) is 0 Å². The molecule has 1 aromatic carbocycles. The van der Waals surface area contributed by atoms with Crippen molar-refractivity contribution in [3.63, 3.8) is 0 Å². The number of anilines is 1. The molecular weight excluding hydrogens is 352 g/mol. The number of aromatic hydroxyl groups is 1. The van der Waals surface area contributed by atoms with Crippen molar-refractivity contribution in [3.05, 3.63) is 46.4 Å². The van der Waals surface area contributed by atoms with Crippen molar-refractivity contribution < 1.29 is 9.90 Å². The fourth-order valence-corrected chi connectivity index (χ4v) is 4.06. The summed E-state index contributed by atoms with van der Waals surface area (Å²) in [7, 11) is 0. The van der Waals surface area contributed by atoms with E-state index in [-0.39, 0.29) is 29.0 Å². The van der Waals surface area contributed by atoms with Crippen molar-refractivity contribution in [1.29, 1.82) is 0 Å². The molecule has 0 aliphatic carbocycles. The fourth-order valence-electron chi connectivity index (χ4n) is 3.90. The number of aromatic nitrogens is 2. The first-order valence-corrected chi connectivity index (χ1v) is 9.26. The zero-order chi connectivity index (χ0) is 18.4. The summed E-state index contributed by atoms with van der Waals surface area (Å²) in [5, 5.41) is 9.94. The first kappa shape index (κ1) is 17.1. The number of carbonyl (C=O) groups excluding carboxylic acids is 1. The van der Waals surface area contributed by atoms with E-state index >= 15 is 0 Å². The summed E-state index contributed by atoms with van der Waals surface area (Å²) in [6.07, 6.45) is 1.97. The Morgan fingerprint density at radius 3 is 2.85 bits per heavy atom. The minimum absolute atomic E-state index is 0.0868. The van der Waals surface area contributed by atoms with Gasteiger partial charge in [-0.1, -0.05) is 12.1 Å². The molecule has 4 rings (SSSR count). The molecule has 0 saturated carbocycles.